The summed E-state index contributed by atoms with van der Waals surface area (Å²) < 4.78 is 10.3. The van der Waals surface area contributed by atoms with Crippen LogP contribution in [0.25, 0.3) is 0 Å². The van der Waals surface area contributed by atoms with Crippen molar-refractivity contribution in [1.29, 1.82) is 5.26 Å². The van der Waals surface area contributed by atoms with Crippen molar-refractivity contribution in [1.82, 2.24) is 5.43 Å². The maximum absolute atomic E-state index is 11.5. The summed E-state index contributed by atoms with van der Waals surface area (Å²) in [6.07, 6.45) is 2.88. The zero-order chi connectivity index (χ0) is 14.2. The molecule has 2 rings (SSSR count). The molecule has 0 spiro atoms. The summed E-state index contributed by atoms with van der Waals surface area (Å²) in [6, 6.07) is 12.1. The highest BCUT2D eigenvalue weighted by Crippen LogP contribution is 2.15. The van der Waals surface area contributed by atoms with Gasteiger partial charge in [-0.15, -0.1) is 0 Å². The maximum atomic E-state index is 11.5. The fourth-order valence-corrected chi connectivity index (χ4v) is 1.39. The Morgan fingerprint density at radius 1 is 1.40 bits per heavy atom. The van der Waals surface area contributed by atoms with Gasteiger partial charge in [-0.05, 0) is 24.3 Å². The molecular weight excluding hydrogens is 258 g/mol. The van der Waals surface area contributed by atoms with Crippen LogP contribution in [-0.2, 0) is 4.79 Å². The second-order valence-electron chi connectivity index (χ2n) is 3.71. The third-order valence-electron chi connectivity index (χ3n) is 2.29. The van der Waals surface area contributed by atoms with Crippen LogP contribution < -0.4 is 10.2 Å². The molecule has 0 saturated heterocycles. The molecule has 6 heteroatoms. The summed E-state index contributed by atoms with van der Waals surface area (Å²) >= 11 is 0. The van der Waals surface area contributed by atoms with Crippen LogP contribution in [0.4, 0.5) is 0 Å². The Balaban J connectivity index is 1.82. The topological polar surface area (TPSA) is 87.6 Å². The summed E-state index contributed by atoms with van der Waals surface area (Å²) in [4.78, 5) is 11.5. The van der Waals surface area contributed by atoms with Gasteiger partial charge < -0.3 is 9.15 Å². The SMILES string of the molecule is N#Cc1ccccc1OCC(=O)N/N=C/c1ccco1. The number of carbonyl (C=O) groups excluding carboxylic acids is 1. The third kappa shape index (κ3) is 3.71. The molecule has 1 aromatic heterocycles. The molecule has 0 aliphatic carbocycles. The summed E-state index contributed by atoms with van der Waals surface area (Å²) in [6.45, 7) is -0.228. The molecule has 1 N–H and O–H groups in total. The lowest BCUT2D eigenvalue weighted by Crippen LogP contribution is -2.24. The predicted octanol–water partition coefficient (Wildman–Crippen LogP) is 1.68. The largest absolute Gasteiger partial charge is 0.482 e. The first-order chi connectivity index (χ1) is 9.79. The molecule has 6 nitrogen and oxygen atoms in total. The van der Waals surface area contributed by atoms with Gasteiger partial charge in [0, 0.05) is 0 Å². The van der Waals surface area contributed by atoms with Crippen LogP contribution >= 0.6 is 0 Å². The van der Waals surface area contributed by atoms with Gasteiger partial charge in [0.1, 0.15) is 17.6 Å². The smallest absolute Gasteiger partial charge is 0.277 e. The second-order valence-corrected chi connectivity index (χ2v) is 3.71. The van der Waals surface area contributed by atoms with Crippen molar-refractivity contribution in [2.45, 2.75) is 0 Å². The van der Waals surface area contributed by atoms with Gasteiger partial charge in [0.25, 0.3) is 5.91 Å². The third-order valence-corrected chi connectivity index (χ3v) is 2.29. The van der Waals surface area contributed by atoms with E-state index >= 15 is 0 Å². The molecule has 0 saturated carbocycles. The summed E-state index contributed by atoms with van der Waals surface area (Å²) in [7, 11) is 0. The van der Waals surface area contributed by atoms with E-state index in [0.717, 1.165) is 0 Å². The normalized spacial score (nSPS) is 10.2. The van der Waals surface area contributed by atoms with Gasteiger partial charge in [0.2, 0.25) is 0 Å². The monoisotopic (exact) mass is 269 g/mol. The number of ether oxygens (including phenoxy) is 1. The van der Waals surface area contributed by atoms with Crippen molar-refractivity contribution in [3.05, 3.63) is 54.0 Å². The minimum atomic E-state index is -0.430. The van der Waals surface area contributed by atoms with Crippen LogP contribution in [0.1, 0.15) is 11.3 Å². The number of amides is 1. The summed E-state index contributed by atoms with van der Waals surface area (Å²) in [5, 5.41) is 12.6. The first-order valence-electron chi connectivity index (χ1n) is 5.77. The summed E-state index contributed by atoms with van der Waals surface area (Å²) in [5.74, 6) is 0.460. The first-order valence-corrected chi connectivity index (χ1v) is 5.77. The maximum Gasteiger partial charge on any atom is 0.277 e. The van der Waals surface area contributed by atoms with Gasteiger partial charge in [0.15, 0.2) is 6.61 Å². The Labute approximate surface area is 115 Å². The minimum absolute atomic E-state index is 0.228. The van der Waals surface area contributed by atoms with Crippen LogP contribution in [0.3, 0.4) is 0 Å². The van der Waals surface area contributed by atoms with Crippen molar-refractivity contribution in [3.63, 3.8) is 0 Å². The molecule has 1 heterocycles. The number of hydrogen-bond donors (Lipinski definition) is 1. The van der Waals surface area contributed by atoms with Gasteiger partial charge in [0.05, 0.1) is 18.0 Å². The van der Waals surface area contributed by atoms with Crippen LogP contribution in [-0.4, -0.2) is 18.7 Å². The van der Waals surface area contributed by atoms with E-state index in [1.807, 2.05) is 6.07 Å². The highest BCUT2D eigenvalue weighted by Gasteiger charge is 2.05. The van der Waals surface area contributed by atoms with E-state index in [9.17, 15) is 4.79 Å². The van der Waals surface area contributed by atoms with Gasteiger partial charge in [-0.1, -0.05) is 12.1 Å². The van der Waals surface area contributed by atoms with Crippen LogP contribution in [0.15, 0.2) is 52.2 Å². The van der Waals surface area contributed by atoms with E-state index in [-0.39, 0.29) is 6.61 Å². The molecule has 0 fully saturated rings. The molecule has 0 radical (unpaired) electrons. The standard InChI is InChI=1S/C14H11N3O3/c15-8-11-4-1-2-6-13(11)20-10-14(18)17-16-9-12-5-3-7-19-12/h1-7,9H,10H2,(H,17,18)/b16-9+. The number of hydrogen-bond acceptors (Lipinski definition) is 5. The highest BCUT2D eigenvalue weighted by molar-refractivity contribution is 5.81. The molecule has 1 aromatic carbocycles. The van der Waals surface area contributed by atoms with Gasteiger partial charge in [-0.25, -0.2) is 5.43 Å². The van der Waals surface area contributed by atoms with Crippen molar-refractivity contribution in [3.8, 4) is 11.8 Å². The lowest BCUT2D eigenvalue weighted by Gasteiger charge is -2.05. The number of nitrogens with zero attached hydrogens (tertiary/aromatic N) is 2. The highest BCUT2D eigenvalue weighted by atomic mass is 16.5. The molecule has 0 atom stereocenters. The average Bonchev–Trinajstić information content (AvgIpc) is 2.98. The number of furan rings is 1. The molecule has 100 valence electrons. The number of carbonyl (C=O) groups is 1. The van der Waals surface area contributed by atoms with E-state index in [1.54, 1.807) is 36.4 Å². The number of rotatable bonds is 5. The molecule has 2 aromatic rings. The lowest BCUT2D eigenvalue weighted by molar-refractivity contribution is -0.123. The van der Waals surface area contributed by atoms with Gasteiger partial charge in [-0.3, -0.25) is 4.79 Å². The van der Waals surface area contributed by atoms with Gasteiger partial charge >= 0.3 is 0 Å². The zero-order valence-electron chi connectivity index (χ0n) is 10.4. The number of para-hydroxylation sites is 1. The van der Waals surface area contributed by atoms with E-state index < -0.39 is 5.91 Å². The number of nitriles is 1. The second kappa shape index (κ2) is 6.75. The van der Waals surface area contributed by atoms with E-state index in [1.165, 1.54) is 12.5 Å². The van der Waals surface area contributed by atoms with Crippen molar-refractivity contribution in [2.24, 2.45) is 5.10 Å². The number of benzene rings is 1. The zero-order valence-corrected chi connectivity index (χ0v) is 10.4. The van der Waals surface area contributed by atoms with Crippen LogP contribution in [0.5, 0.6) is 5.75 Å². The fourth-order valence-electron chi connectivity index (χ4n) is 1.39. The quantitative estimate of drug-likeness (QED) is 0.660. The average molecular weight is 269 g/mol. The Bertz CT molecular complexity index is 642. The first kappa shape index (κ1) is 13.4. The van der Waals surface area contributed by atoms with Crippen molar-refractivity contribution >= 4 is 12.1 Å². The summed E-state index contributed by atoms with van der Waals surface area (Å²) in [5.41, 5.74) is 2.67. The Kier molecular flexibility index (Phi) is 4.51. The molecule has 0 aliphatic rings. The van der Waals surface area contributed by atoms with Crippen LogP contribution in [0, 0.1) is 11.3 Å². The Hall–Kier alpha value is -3.07. The van der Waals surface area contributed by atoms with Crippen molar-refractivity contribution < 1.29 is 13.9 Å². The molecule has 1 amide bonds. The molecule has 0 unspecified atom stereocenters. The molecule has 20 heavy (non-hydrogen) atoms. The predicted molar refractivity (Wildman–Crippen MR) is 71.1 cm³/mol. The molecule has 0 aliphatic heterocycles. The van der Waals surface area contributed by atoms with Gasteiger partial charge in [-0.2, -0.15) is 10.4 Å². The Morgan fingerprint density at radius 2 is 2.25 bits per heavy atom. The van der Waals surface area contributed by atoms with Crippen molar-refractivity contribution in [2.75, 3.05) is 6.61 Å². The lowest BCUT2D eigenvalue weighted by atomic mass is 10.2. The van der Waals surface area contributed by atoms with E-state index in [2.05, 4.69) is 10.5 Å². The molecule has 0 bridgehead atoms. The number of nitrogens with one attached hydrogen (secondary N) is 1. The molecular formula is C14H11N3O3. The Morgan fingerprint density at radius 3 is 3.00 bits per heavy atom. The van der Waals surface area contributed by atoms with E-state index in [4.69, 9.17) is 14.4 Å². The van der Waals surface area contributed by atoms with E-state index in [0.29, 0.717) is 17.1 Å². The van der Waals surface area contributed by atoms with Crippen LogP contribution in [0.2, 0.25) is 0 Å². The fraction of sp³-hybridized carbons (Fsp3) is 0.0714. The minimum Gasteiger partial charge on any atom is -0.482 e. The number of hydrazone groups is 1.